The van der Waals surface area contributed by atoms with E-state index in [9.17, 15) is 4.79 Å². The van der Waals surface area contributed by atoms with Crippen molar-refractivity contribution in [1.29, 1.82) is 0 Å². The Balaban J connectivity index is 2.47. The van der Waals surface area contributed by atoms with Gasteiger partial charge in [0.2, 0.25) is 0 Å². The standard InChI is InChI=1S/C9H13N3O3S/c1-15-6-3-5-16-8(6)9(13)11-4-2-7(10)12-14/h3,5,14H,2,4H2,1H3,(H2,10,12)(H,11,13). The topological polar surface area (TPSA) is 96.9 Å². The van der Waals surface area contributed by atoms with Gasteiger partial charge in [-0.25, -0.2) is 0 Å². The monoisotopic (exact) mass is 243 g/mol. The van der Waals surface area contributed by atoms with Crippen LogP contribution in [0.1, 0.15) is 16.1 Å². The van der Waals surface area contributed by atoms with E-state index in [1.165, 1.54) is 18.4 Å². The third-order valence-corrected chi connectivity index (χ3v) is 2.74. The fourth-order valence-electron chi connectivity index (χ4n) is 1.06. The van der Waals surface area contributed by atoms with Gasteiger partial charge in [-0.05, 0) is 11.4 Å². The number of amides is 1. The number of oxime groups is 1. The number of hydrogen-bond donors (Lipinski definition) is 3. The summed E-state index contributed by atoms with van der Waals surface area (Å²) in [5.74, 6) is 0.405. The molecule has 4 N–H and O–H groups in total. The van der Waals surface area contributed by atoms with E-state index in [1.807, 2.05) is 0 Å². The van der Waals surface area contributed by atoms with Crippen molar-refractivity contribution < 1.29 is 14.7 Å². The molecule has 7 heteroatoms. The number of carbonyl (C=O) groups is 1. The first kappa shape index (κ1) is 12.3. The quantitative estimate of drug-likeness (QED) is 0.306. The van der Waals surface area contributed by atoms with Crippen molar-refractivity contribution in [3.63, 3.8) is 0 Å². The van der Waals surface area contributed by atoms with Gasteiger partial charge in [-0.15, -0.1) is 11.3 Å². The van der Waals surface area contributed by atoms with Crippen molar-refractivity contribution in [2.24, 2.45) is 10.9 Å². The maximum absolute atomic E-state index is 11.6. The predicted molar refractivity (Wildman–Crippen MR) is 61.2 cm³/mol. The van der Waals surface area contributed by atoms with Crippen LogP contribution in [0.5, 0.6) is 5.75 Å². The molecule has 0 aliphatic heterocycles. The highest BCUT2D eigenvalue weighted by atomic mass is 32.1. The molecule has 0 radical (unpaired) electrons. The second-order valence-corrected chi connectivity index (χ2v) is 3.83. The summed E-state index contributed by atoms with van der Waals surface area (Å²) < 4.78 is 5.02. The van der Waals surface area contributed by atoms with E-state index in [1.54, 1.807) is 11.4 Å². The maximum Gasteiger partial charge on any atom is 0.265 e. The fourth-order valence-corrected chi connectivity index (χ4v) is 1.83. The zero-order chi connectivity index (χ0) is 12.0. The number of nitrogens with zero attached hydrogens (tertiary/aromatic N) is 1. The SMILES string of the molecule is COc1ccsc1C(=O)NCC/C(N)=N/O. The van der Waals surface area contributed by atoms with E-state index in [-0.39, 0.29) is 11.7 Å². The average molecular weight is 243 g/mol. The van der Waals surface area contributed by atoms with Crippen LogP contribution in [0.15, 0.2) is 16.6 Å². The minimum absolute atomic E-state index is 0.0819. The molecule has 0 spiro atoms. The molecule has 88 valence electrons. The fraction of sp³-hybridized carbons (Fsp3) is 0.333. The molecule has 0 atom stereocenters. The minimum atomic E-state index is -0.224. The number of nitrogens with one attached hydrogen (secondary N) is 1. The summed E-state index contributed by atoms with van der Waals surface area (Å²) in [6.45, 7) is 0.315. The summed E-state index contributed by atoms with van der Waals surface area (Å²) in [5.41, 5.74) is 5.26. The summed E-state index contributed by atoms with van der Waals surface area (Å²) >= 11 is 1.30. The Morgan fingerprint density at radius 2 is 2.50 bits per heavy atom. The summed E-state index contributed by atoms with van der Waals surface area (Å²) in [4.78, 5) is 12.1. The Morgan fingerprint density at radius 3 is 3.12 bits per heavy atom. The van der Waals surface area contributed by atoms with Crippen molar-refractivity contribution in [2.75, 3.05) is 13.7 Å². The zero-order valence-corrected chi connectivity index (χ0v) is 9.58. The van der Waals surface area contributed by atoms with Gasteiger partial charge in [-0.3, -0.25) is 4.79 Å². The number of nitrogens with two attached hydrogens (primary N) is 1. The Labute approximate surface area is 96.7 Å². The molecule has 1 aromatic rings. The van der Waals surface area contributed by atoms with Gasteiger partial charge in [0.05, 0.1) is 7.11 Å². The number of methoxy groups -OCH3 is 1. The summed E-state index contributed by atoms with van der Waals surface area (Å²) in [6, 6.07) is 1.73. The molecular formula is C9H13N3O3S. The van der Waals surface area contributed by atoms with E-state index >= 15 is 0 Å². The van der Waals surface area contributed by atoms with Gasteiger partial charge >= 0.3 is 0 Å². The Morgan fingerprint density at radius 1 is 1.75 bits per heavy atom. The van der Waals surface area contributed by atoms with Crippen LogP contribution in [0.3, 0.4) is 0 Å². The third kappa shape index (κ3) is 3.13. The largest absolute Gasteiger partial charge is 0.495 e. The van der Waals surface area contributed by atoms with E-state index in [0.29, 0.717) is 23.6 Å². The van der Waals surface area contributed by atoms with Crippen LogP contribution in [0.25, 0.3) is 0 Å². The van der Waals surface area contributed by atoms with E-state index in [2.05, 4.69) is 10.5 Å². The number of ether oxygens (including phenoxy) is 1. The molecule has 0 aliphatic carbocycles. The van der Waals surface area contributed by atoms with Crippen LogP contribution in [-0.4, -0.2) is 30.6 Å². The highest BCUT2D eigenvalue weighted by Gasteiger charge is 2.12. The second kappa shape index (κ2) is 5.96. The number of amidine groups is 1. The molecule has 16 heavy (non-hydrogen) atoms. The smallest absolute Gasteiger partial charge is 0.265 e. The van der Waals surface area contributed by atoms with Crippen molar-refractivity contribution in [2.45, 2.75) is 6.42 Å². The van der Waals surface area contributed by atoms with Crippen LogP contribution in [-0.2, 0) is 0 Å². The summed E-state index contributed by atoms with van der Waals surface area (Å²) in [7, 11) is 1.51. The van der Waals surface area contributed by atoms with Crippen LogP contribution in [0, 0.1) is 0 Å². The molecule has 1 aromatic heterocycles. The summed E-state index contributed by atoms with van der Waals surface area (Å²) in [5, 5.41) is 15.5. The van der Waals surface area contributed by atoms with Gasteiger partial charge in [0.1, 0.15) is 16.5 Å². The summed E-state index contributed by atoms with van der Waals surface area (Å²) in [6.07, 6.45) is 0.302. The first-order valence-corrected chi connectivity index (χ1v) is 5.43. The molecule has 6 nitrogen and oxygen atoms in total. The van der Waals surface area contributed by atoms with Crippen LogP contribution < -0.4 is 15.8 Å². The Hall–Kier alpha value is -1.76. The molecular weight excluding hydrogens is 230 g/mol. The van der Waals surface area contributed by atoms with Gasteiger partial charge in [0, 0.05) is 13.0 Å². The van der Waals surface area contributed by atoms with Crippen LogP contribution in [0.2, 0.25) is 0 Å². The molecule has 0 aromatic carbocycles. The van der Waals surface area contributed by atoms with Gasteiger partial charge in [0.15, 0.2) is 0 Å². The lowest BCUT2D eigenvalue weighted by molar-refractivity contribution is 0.0956. The van der Waals surface area contributed by atoms with Crippen molar-refractivity contribution >= 4 is 23.1 Å². The highest BCUT2D eigenvalue weighted by molar-refractivity contribution is 7.12. The van der Waals surface area contributed by atoms with E-state index in [4.69, 9.17) is 15.7 Å². The number of thiophene rings is 1. The molecule has 0 bridgehead atoms. The first-order valence-electron chi connectivity index (χ1n) is 4.55. The molecule has 0 aliphatic rings. The van der Waals surface area contributed by atoms with Crippen molar-refractivity contribution in [3.8, 4) is 5.75 Å². The van der Waals surface area contributed by atoms with Crippen LogP contribution >= 0.6 is 11.3 Å². The second-order valence-electron chi connectivity index (χ2n) is 2.92. The van der Waals surface area contributed by atoms with Crippen LogP contribution in [0.4, 0.5) is 0 Å². The minimum Gasteiger partial charge on any atom is -0.495 e. The molecule has 0 unspecified atom stereocenters. The molecule has 1 amide bonds. The highest BCUT2D eigenvalue weighted by Crippen LogP contribution is 2.23. The molecule has 0 saturated heterocycles. The third-order valence-electron chi connectivity index (χ3n) is 1.85. The predicted octanol–water partition coefficient (Wildman–Crippen LogP) is 0.623. The lowest BCUT2D eigenvalue weighted by Gasteiger charge is -2.04. The average Bonchev–Trinajstić information content (AvgIpc) is 2.76. The Bertz CT molecular complexity index is 389. The number of carbonyl (C=O) groups excluding carboxylic acids is 1. The van der Waals surface area contributed by atoms with E-state index in [0.717, 1.165) is 0 Å². The lowest BCUT2D eigenvalue weighted by atomic mass is 10.3. The molecule has 0 fully saturated rings. The Kier molecular flexibility index (Phi) is 4.59. The zero-order valence-electron chi connectivity index (χ0n) is 8.77. The first-order chi connectivity index (χ1) is 7.69. The lowest BCUT2D eigenvalue weighted by Crippen LogP contribution is -2.27. The maximum atomic E-state index is 11.6. The van der Waals surface area contributed by atoms with Crippen molar-refractivity contribution in [3.05, 3.63) is 16.3 Å². The van der Waals surface area contributed by atoms with E-state index < -0.39 is 0 Å². The van der Waals surface area contributed by atoms with Gasteiger partial charge in [0.25, 0.3) is 5.91 Å². The number of rotatable bonds is 5. The van der Waals surface area contributed by atoms with Gasteiger partial charge < -0.3 is 21.0 Å². The van der Waals surface area contributed by atoms with Gasteiger partial charge in [-0.1, -0.05) is 5.16 Å². The molecule has 0 saturated carbocycles. The number of hydrogen-bond acceptors (Lipinski definition) is 5. The van der Waals surface area contributed by atoms with Crippen molar-refractivity contribution in [1.82, 2.24) is 5.32 Å². The normalized spacial score (nSPS) is 11.2. The molecule has 1 rings (SSSR count). The molecule has 1 heterocycles. The van der Waals surface area contributed by atoms with Gasteiger partial charge in [-0.2, -0.15) is 0 Å².